The lowest BCUT2D eigenvalue weighted by Crippen LogP contribution is -2.09. The highest BCUT2D eigenvalue weighted by Crippen LogP contribution is 2.21. The van der Waals surface area contributed by atoms with Gasteiger partial charge in [-0.1, -0.05) is 22.0 Å². The molecule has 0 aliphatic carbocycles. The quantitative estimate of drug-likeness (QED) is 0.757. The van der Waals surface area contributed by atoms with Gasteiger partial charge in [-0.15, -0.1) is 0 Å². The second-order valence-corrected chi connectivity index (χ2v) is 4.80. The summed E-state index contributed by atoms with van der Waals surface area (Å²) in [6, 6.07) is 8.32. The first-order valence-electron chi connectivity index (χ1n) is 5.25. The van der Waals surface area contributed by atoms with Crippen molar-refractivity contribution in [2.45, 2.75) is 6.92 Å². The predicted octanol–water partition coefficient (Wildman–Crippen LogP) is 4.27. The molecule has 0 amide bonds. The second-order valence-electron chi connectivity index (χ2n) is 3.89. The summed E-state index contributed by atoms with van der Waals surface area (Å²) < 4.78 is 27.9. The van der Waals surface area contributed by atoms with Gasteiger partial charge >= 0.3 is 0 Å². The smallest absolute Gasteiger partial charge is 0.199 e. The Morgan fingerprint density at radius 1 is 1.11 bits per heavy atom. The van der Waals surface area contributed by atoms with Crippen molar-refractivity contribution in [3.8, 4) is 0 Å². The zero-order valence-corrected chi connectivity index (χ0v) is 11.1. The van der Waals surface area contributed by atoms with E-state index in [1.54, 1.807) is 25.1 Å². The highest BCUT2D eigenvalue weighted by atomic mass is 79.9. The van der Waals surface area contributed by atoms with Crippen LogP contribution in [0.3, 0.4) is 0 Å². The molecule has 0 radical (unpaired) electrons. The van der Waals surface area contributed by atoms with Crippen LogP contribution in [0, 0.1) is 18.6 Å². The van der Waals surface area contributed by atoms with Crippen LogP contribution in [0.4, 0.5) is 8.78 Å². The number of carbonyl (C=O) groups is 1. The summed E-state index contributed by atoms with van der Waals surface area (Å²) in [5, 5.41) is 0. The van der Waals surface area contributed by atoms with Gasteiger partial charge in [-0.25, -0.2) is 8.78 Å². The van der Waals surface area contributed by atoms with Crippen LogP contribution >= 0.6 is 15.9 Å². The number of rotatable bonds is 2. The van der Waals surface area contributed by atoms with Gasteiger partial charge in [-0.05, 0) is 42.8 Å². The second kappa shape index (κ2) is 4.98. The van der Waals surface area contributed by atoms with E-state index < -0.39 is 23.0 Å². The Labute approximate surface area is 112 Å². The van der Waals surface area contributed by atoms with Crippen LogP contribution < -0.4 is 0 Å². The maximum absolute atomic E-state index is 13.5. The van der Waals surface area contributed by atoms with Crippen LogP contribution in [0.15, 0.2) is 40.9 Å². The molecule has 2 rings (SSSR count). The standard InChI is InChI=1S/C14H9BrF2O/c1-8-7-9(15)5-6-10(8)14(18)13-11(16)3-2-4-12(13)17/h2-7H,1H3. The Bertz CT molecular complexity index is 603. The van der Waals surface area contributed by atoms with Gasteiger partial charge in [0.05, 0.1) is 5.56 Å². The molecule has 92 valence electrons. The number of ketones is 1. The summed E-state index contributed by atoms with van der Waals surface area (Å²) in [6.07, 6.45) is 0. The first-order valence-corrected chi connectivity index (χ1v) is 6.05. The summed E-state index contributed by atoms with van der Waals surface area (Å²) >= 11 is 3.27. The van der Waals surface area contributed by atoms with Crippen molar-refractivity contribution in [1.82, 2.24) is 0 Å². The first kappa shape index (κ1) is 12.9. The SMILES string of the molecule is Cc1cc(Br)ccc1C(=O)c1c(F)cccc1F. The minimum Gasteiger partial charge on any atom is -0.288 e. The van der Waals surface area contributed by atoms with Gasteiger partial charge in [-0.2, -0.15) is 0 Å². The minimum absolute atomic E-state index is 0.294. The van der Waals surface area contributed by atoms with E-state index in [0.717, 1.165) is 16.6 Å². The van der Waals surface area contributed by atoms with E-state index in [-0.39, 0.29) is 0 Å². The molecule has 0 saturated heterocycles. The van der Waals surface area contributed by atoms with E-state index >= 15 is 0 Å². The van der Waals surface area contributed by atoms with Gasteiger partial charge in [0.2, 0.25) is 0 Å². The summed E-state index contributed by atoms with van der Waals surface area (Å²) in [6.45, 7) is 1.72. The molecule has 2 aromatic carbocycles. The van der Waals surface area contributed by atoms with Crippen molar-refractivity contribution in [3.05, 3.63) is 69.2 Å². The maximum atomic E-state index is 13.5. The van der Waals surface area contributed by atoms with E-state index in [1.807, 2.05) is 0 Å². The molecular weight excluding hydrogens is 302 g/mol. The van der Waals surface area contributed by atoms with Gasteiger partial charge in [0.15, 0.2) is 5.78 Å². The Balaban J connectivity index is 2.55. The van der Waals surface area contributed by atoms with Crippen molar-refractivity contribution in [2.75, 3.05) is 0 Å². The van der Waals surface area contributed by atoms with Gasteiger partial charge in [0.25, 0.3) is 0 Å². The summed E-state index contributed by atoms with van der Waals surface area (Å²) in [5.41, 5.74) is 0.446. The van der Waals surface area contributed by atoms with Gasteiger partial charge in [0.1, 0.15) is 11.6 Å². The molecule has 2 aromatic rings. The van der Waals surface area contributed by atoms with Crippen molar-refractivity contribution in [1.29, 1.82) is 0 Å². The molecule has 0 aromatic heterocycles. The summed E-state index contributed by atoms with van der Waals surface area (Å²) in [4.78, 5) is 12.1. The maximum Gasteiger partial charge on any atom is 0.199 e. The number of benzene rings is 2. The van der Waals surface area contributed by atoms with E-state index in [9.17, 15) is 13.6 Å². The van der Waals surface area contributed by atoms with Gasteiger partial charge in [-0.3, -0.25) is 4.79 Å². The lowest BCUT2D eigenvalue weighted by atomic mass is 9.98. The monoisotopic (exact) mass is 310 g/mol. The van der Waals surface area contributed by atoms with Crippen LogP contribution in [0.1, 0.15) is 21.5 Å². The molecule has 0 aliphatic heterocycles. The Kier molecular flexibility index (Phi) is 3.57. The fourth-order valence-corrected chi connectivity index (χ4v) is 2.21. The minimum atomic E-state index is -0.845. The fourth-order valence-electron chi connectivity index (χ4n) is 1.73. The molecule has 0 spiro atoms. The van der Waals surface area contributed by atoms with Crippen LogP contribution in [-0.4, -0.2) is 5.78 Å². The van der Waals surface area contributed by atoms with Crippen molar-refractivity contribution in [3.63, 3.8) is 0 Å². The molecule has 0 unspecified atom stereocenters. The predicted molar refractivity (Wildman–Crippen MR) is 68.7 cm³/mol. The third kappa shape index (κ3) is 2.34. The van der Waals surface area contributed by atoms with Crippen molar-refractivity contribution >= 4 is 21.7 Å². The molecule has 0 N–H and O–H groups in total. The average molecular weight is 311 g/mol. The van der Waals surface area contributed by atoms with E-state index in [2.05, 4.69) is 15.9 Å². The molecular formula is C14H9BrF2O. The molecule has 1 nitrogen and oxygen atoms in total. The lowest BCUT2D eigenvalue weighted by molar-refractivity contribution is 0.103. The molecule has 0 heterocycles. The normalized spacial score (nSPS) is 10.4. The number of aryl methyl sites for hydroxylation is 1. The van der Waals surface area contributed by atoms with Crippen LogP contribution in [0.25, 0.3) is 0 Å². The largest absolute Gasteiger partial charge is 0.288 e. The average Bonchev–Trinajstić information content (AvgIpc) is 2.28. The number of hydrogen-bond acceptors (Lipinski definition) is 1. The van der Waals surface area contributed by atoms with E-state index in [4.69, 9.17) is 0 Å². The molecule has 0 aliphatic rings. The van der Waals surface area contributed by atoms with Crippen LogP contribution in [0.2, 0.25) is 0 Å². The van der Waals surface area contributed by atoms with Crippen molar-refractivity contribution in [2.24, 2.45) is 0 Å². The van der Waals surface area contributed by atoms with Crippen LogP contribution in [-0.2, 0) is 0 Å². The fraction of sp³-hybridized carbons (Fsp3) is 0.0714. The Morgan fingerprint density at radius 2 is 1.72 bits per heavy atom. The molecule has 0 fully saturated rings. The number of carbonyl (C=O) groups excluding carboxylic acids is 1. The third-order valence-corrected chi connectivity index (χ3v) is 3.12. The highest BCUT2D eigenvalue weighted by molar-refractivity contribution is 9.10. The zero-order valence-electron chi connectivity index (χ0n) is 9.51. The molecule has 0 atom stereocenters. The Morgan fingerprint density at radius 3 is 2.28 bits per heavy atom. The molecule has 4 heteroatoms. The van der Waals surface area contributed by atoms with Crippen molar-refractivity contribution < 1.29 is 13.6 Å². The van der Waals surface area contributed by atoms with E-state index in [0.29, 0.717) is 11.1 Å². The summed E-state index contributed by atoms with van der Waals surface area (Å²) in [7, 11) is 0. The lowest BCUT2D eigenvalue weighted by Gasteiger charge is -2.07. The molecule has 0 bridgehead atoms. The molecule has 18 heavy (non-hydrogen) atoms. The number of halogens is 3. The van der Waals surface area contributed by atoms with Crippen LogP contribution in [0.5, 0.6) is 0 Å². The third-order valence-electron chi connectivity index (χ3n) is 2.62. The Hall–Kier alpha value is -1.55. The topological polar surface area (TPSA) is 17.1 Å². The van der Waals surface area contributed by atoms with Gasteiger partial charge < -0.3 is 0 Å². The highest BCUT2D eigenvalue weighted by Gasteiger charge is 2.20. The van der Waals surface area contributed by atoms with E-state index in [1.165, 1.54) is 6.07 Å². The number of hydrogen-bond donors (Lipinski definition) is 0. The van der Waals surface area contributed by atoms with Gasteiger partial charge in [0, 0.05) is 10.0 Å². The molecule has 0 saturated carbocycles. The zero-order chi connectivity index (χ0) is 13.3. The summed E-state index contributed by atoms with van der Waals surface area (Å²) in [5.74, 6) is -2.33. The first-order chi connectivity index (χ1) is 8.50.